The number of Topliss-reactive ketones (excluding diaryl/α,β-unsaturated/α-hetero) is 1. The smallest absolute Gasteiger partial charge is 0.172 e. The molecule has 0 saturated heterocycles. The number of azide groups is 1. The number of benzene rings is 1. The average molecular weight is 205 g/mol. The number of ether oxygens (including phenoxy) is 1. The average Bonchev–Trinajstić information content (AvgIpc) is 2.27. The van der Waals surface area contributed by atoms with Crippen molar-refractivity contribution in [3.8, 4) is 5.75 Å². The summed E-state index contributed by atoms with van der Waals surface area (Å²) < 4.78 is 5.28. The Morgan fingerprint density at radius 1 is 1.53 bits per heavy atom. The number of para-hydroxylation sites is 1. The molecule has 5 nitrogen and oxygen atoms in total. The fourth-order valence-electron chi connectivity index (χ4n) is 1.16. The second-order valence-corrected chi connectivity index (χ2v) is 2.74. The molecule has 1 aromatic rings. The predicted molar refractivity (Wildman–Crippen MR) is 56.0 cm³/mol. The van der Waals surface area contributed by atoms with E-state index in [1.165, 1.54) is 0 Å². The van der Waals surface area contributed by atoms with Gasteiger partial charge in [-0.3, -0.25) is 4.79 Å². The van der Waals surface area contributed by atoms with Crippen LogP contribution >= 0.6 is 0 Å². The van der Waals surface area contributed by atoms with Crippen molar-refractivity contribution in [1.29, 1.82) is 0 Å². The molecule has 0 fully saturated rings. The highest BCUT2D eigenvalue weighted by atomic mass is 16.5. The highest BCUT2D eigenvalue weighted by molar-refractivity contribution is 6.00. The normalized spacial score (nSPS) is 9.13. The fourth-order valence-corrected chi connectivity index (χ4v) is 1.16. The van der Waals surface area contributed by atoms with Crippen LogP contribution in [0, 0.1) is 0 Å². The summed E-state index contributed by atoms with van der Waals surface area (Å²) in [5.74, 6) is 0.287. The molecule has 0 aliphatic heterocycles. The number of nitrogens with zero attached hydrogens (tertiary/aromatic N) is 3. The van der Waals surface area contributed by atoms with Crippen molar-refractivity contribution >= 4 is 5.78 Å². The van der Waals surface area contributed by atoms with E-state index in [2.05, 4.69) is 10.0 Å². The largest absolute Gasteiger partial charge is 0.493 e. The van der Waals surface area contributed by atoms with E-state index in [0.717, 1.165) is 0 Å². The third kappa shape index (κ3) is 3.00. The van der Waals surface area contributed by atoms with Gasteiger partial charge in [-0.25, -0.2) is 0 Å². The molecule has 0 aliphatic carbocycles. The third-order valence-corrected chi connectivity index (χ3v) is 1.76. The fraction of sp³-hybridized carbons (Fsp3) is 0.300. The van der Waals surface area contributed by atoms with Crippen LogP contribution in [0.25, 0.3) is 10.4 Å². The third-order valence-electron chi connectivity index (χ3n) is 1.76. The minimum absolute atomic E-state index is 0.180. The van der Waals surface area contributed by atoms with Gasteiger partial charge in [-0.2, -0.15) is 0 Å². The molecule has 0 bridgehead atoms. The van der Waals surface area contributed by atoms with Crippen LogP contribution in [-0.4, -0.2) is 18.9 Å². The molecule has 0 amide bonds. The van der Waals surface area contributed by atoms with Crippen molar-refractivity contribution in [2.45, 2.75) is 6.92 Å². The second-order valence-electron chi connectivity index (χ2n) is 2.74. The van der Waals surface area contributed by atoms with Gasteiger partial charge in [-0.15, -0.1) is 0 Å². The number of rotatable bonds is 5. The van der Waals surface area contributed by atoms with Crippen molar-refractivity contribution in [3.63, 3.8) is 0 Å². The molecule has 0 N–H and O–H groups in total. The standard InChI is InChI=1S/C10H11N3O2/c1-2-15-10-6-4-3-5-8(10)9(14)7-12-13-11/h3-6H,2,7H2,1H3. The van der Waals surface area contributed by atoms with Gasteiger partial charge in [-0.05, 0) is 24.6 Å². The summed E-state index contributed by atoms with van der Waals surface area (Å²) in [4.78, 5) is 14.1. The van der Waals surface area contributed by atoms with Gasteiger partial charge in [0, 0.05) is 4.91 Å². The van der Waals surface area contributed by atoms with Crippen LogP contribution in [0.3, 0.4) is 0 Å². The van der Waals surface area contributed by atoms with Gasteiger partial charge in [0.1, 0.15) is 5.75 Å². The molecule has 1 rings (SSSR count). The van der Waals surface area contributed by atoms with E-state index < -0.39 is 0 Å². The molecule has 0 unspecified atom stereocenters. The summed E-state index contributed by atoms with van der Waals surface area (Å²) in [5, 5.41) is 3.22. The Morgan fingerprint density at radius 2 is 2.27 bits per heavy atom. The lowest BCUT2D eigenvalue weighted by atomic mass is 10.1. The number of hydrogen-bond donors (Lipinski definition) is 0. The first-order valence-corrected chi connectivity index (χ1v) is 4.55. The van der Waals surface area contributed by atoms with Crippen molar-refractivity contribution in [1.82, 2.24) is 0 Å². The van der Waals surface area contributed by atoms with E-state index in [4.69, 9.17) is 10.3 Å². The molecule has 0 saturated carbocycles. The maximum absolute atomic E-state index is 11.6. The van der Waals surface area contributed by atoms with Crippen LogP contribution in [0.4, 0.5) is 0 Å². The van der Waals surface area contributed by atoms with Gasteiger partial charge in [-0.1, -0.05) is 17.2 Å². The molecule has 78 valence electrons. The highest BCUT2D eigenvalue weighted by Crippen LogP contribution is 2.18. The lowest BCUT2D eigenvalue weighted by molar-refractivity contribution is 0.0998. The van der Waals surface area contributed by atoms with Crippen LogP contribution < -0.4 is 4.74 Å². The van der Waals surface area contributed by atoms with Crippen LogP contribution in [0.5, 0.6) is 5.75 Å². The van der Waals surface area contributed by atoms with Gasteiger partial charge in [0.2, 0.25) is 0 Å². The highest BCUT2D eigenvalue weighted by Gasteiger charge is 2.10. The molecule has 0 spiro atoms. The van der Waals surface area contributed by atoms with Gasteiger partial charge < -0.3 is 4.74 Å². The zero-order valence-electron chi connectivity index (χ0n) is 8.38. The van der Waals surface area contributed by atoms with E-state index in [-0.39, 0.29) is 12.3 Å². The van der Waals surface area contributed by atoms with Crippen LogP contribution in [-0.2, 0) is 0 Å². The zero-order chi connectivity index (χ0) is 11.1. The Hall–Kier alpha value is -2.00. The lowest BCUT2D eigenvalue weighted by Crippen LogP contribution is -2.06. The van der Waals surface area contributed by atoms with Gasteiger partial charge >= 0.3 is 0 Å². The summed E-state index contributed by atoms with van der Waals surface area (Å²) in [6.07, 6.45) is 0. The molecule has 0 radical (unpaired) electrons. The maximum Gasteiger partial charge on any atom is 0.172 e. The first kappa shape index (κ1) is 11.1. The molecule has 15 heavy (non-hydrogen) atoms. The molecule has 0 atom stereocenters. The van der Waals surface area contributed by atoms with Gasteiger partial charge in [0.25, 0.3) is 0 Å². The monoisotopic (exact) mass is 205 g/mol. The quantitative estimate of drug-likeness (QED) is 0.320. The minimum Gasteiger partial charge on any atom is -0.493 e. The number of carbonyl (C=O) groups is 1. The minimum atomic E-state index is -0.239. The van der Waals surface area contributed by atoms with Crippen molar-refractivity contribution in [2.24, 2.45) is 5.11 Å². The topological polar surface area (TPSA) is 75.1 Å². The number of carbonyl (C=O) groups excluding carboxylic acids is 1. The Bertz CT molecular complexity index is 397. The van der Waals surface area contributed by atoms with Crippen LogP contribution in [0.1, 0.15) is 17.3 Å². The summed E-state index contributed by atoms with van der Waals surface area (Å²) in [6, 6.07) is 6.90. The molecule has 0 aliphatic rings. The predicted octanol–water partition coefficient (Wildman–Crippen LogP) is 2.58. The summed E-state index contributed by atoms with van der Waals surface area (Å²) in [5.41, 5.74) is 8.56. The Labute approximate surface area is 87.3 Å². The second kappa shape index (κ2) is 5.67. The first-order valence-electron chi connectivity index (χ1n) is 4.55. The first-order chi connectivity index (χ1) is 7.29. The maximum atomic E-state index is 11.6. The van der Waals surface area contributed by atoms with E-state index in [1.54, 1.807) is 24.3 Å². The summed E-state index contributed by atoms with van der Waals surface area (Å²) in [6.45, 7) is 2.15. The SMILES string of the molecule is CCOc1ccccc1C(=O)CN=[N+]=[N-]. The van der Waals surface area contributed by atoms with Crippen molar-refractivity contribution in [3.05, 3.63) is 40.3 Å². The molecular formula is C10H11N3O2. The number of ketones is 1. The Balaban J connectivity index is 2.91. The zero-order valence-corrected chi connectivity index (χ0v) is 8.38. The molecule has 5 heteroatoms. The van der Waals surface area contributed by atoms with Crippen molar-refractivity contribution in [2.75, 3.05) is 13.2 Å². The van der Waals surface area contributed by atoms with Gasteiger partial charge in [0.15, 0.2) is 5.78 Å². The van der Waals surface area contributed by atoms with E-state index in [9.17, 15) is 4.79 Å². The van der Waals surface area contributed by atoms with Crippen molar-refractivity contribution < 1.29 is 9.53 Å². The molecule has 1 aromatic carbocycles. The van der Waals surface area contributed by atoms with E-state index >= 15 is 0 Å². The summed E-state index contributed by atoms with van der Waals surface area (Å²) >= 11 is 0. The van der Waals surface area contributed by atoms with Gasteiger partial charge in [0.05, 0.1) is 18.7 Å². The Kier molecular flexibility index (Phi) is 4.19. The summed E-state index contributed by atoms with van der Waals surface area (Å²) in [7, 11) is 0. The van der Waals surface area contributed by atoms with Crippen LogP contribution in [0.15, 0.2) is 29.4 Å². The van der Waals surface area contributed by atoms with Crippen LogP contribution in [0.2, 0.25) is 0 Å². The molecule has 0 aromatic heterocycles. The number of hydrogen-bond acceptors (Lipinski definition) is 3. The molecular weight excluding hydrogens is 194 g/mol. The van der Waals surface area contributed by atoms with E-state index in [0.29, 0.717) is 17.9 Å². The molecule has 0 heterocycles. The Morgan fingerprint density at radius 3 is 2.93 bits per heavy atom. The lowest BCUT2D eigenvalue weighted by Gasteiger charge is -2.07. The van der Waals surface area contributed by atoms with E-state index in [1.807, 2.05) is 6.92 Å².